The molecular formula is C22H30O3. The second-order valence-corrected chi connectivity index (χ2v) is 5.69. The van der Waals surface area contributed by atoms with Gasteiger partial charge in [0, 0.05) is 6.08 Å². The van der Waals surface area contributed by atoms with Gasteiger partial charge in [-0.05, 0) is 44.1 Å². The first-order chi connectivity index (χ1) is 12.3. The van der Waals surface area contributed by atoms with Crippen LogP contribution in [0.1, 0.15) is 52.4 Å². The summed E-state index contributed by atoms with van der Waals surface area (Å²) < 4.78 is 10.8. The average Bonchev–Trinajstić information content (AvgIpc) is 2.62. The number of unbranched alkanes of at least 4 members (excludes halogenated alkanes) is 5. The lowest BCUT2D eigenvalue weighted by Gasteiger charge is -2.06. The third-order valence-electron chi connectivity index (χ3n) is 3.52. The normalized spacial score (nSPS) is 12.0. The summed E-state index contributed by atoms with van der Waals surface area (Å²) in [6.07, 6.45) is 16.1. The van der Waals surface area contributed by atoms with Crippen molar-refractivity contribution in [1.82, 2.24) is 0 Å². The highest BCUT2D eigenvalue weighted by Gasteiger charge is 1.97. The summed E-state index contributed by atoms with van der Waals surface area (Å²) >= 11 is 0. The van der Waals surface area contributed by atoms with Crippen LogP contribution >= 0.6 is 0 Å². The van der Waals surface area contributed by atoms with Crippen LogP contribution in [0.2, 0.25) is 0 Å². The fourth-order valence-electron chi connectivity index (χ4n) is 2.24. The maximum Gasteiger partial charge on any atom is 0.330 e. The lowest BCUT2D eigenvalue weighted by molar-refractivity contribution is -0.137. The molecule has 3 nitrogen and oxygen atoms in total. The van der Waals surface area contributed by atoms with E-state index in [1.807, 2.05) is 36.4 Å². The van der Waals surface area contributed by atoms with Crippen molar-refractivity contribution >= 4 is 5.97 Å². The Hall–Kier alpha value is -2.29. The Balaban J connectivity index is 2.59. The van der Waals surface area contributed by atoms with Crippen molar-refractivity contribution in [2.24, 2.45) is 0 Å². The maximum absolute atomic E-state index is 11.3. The maximum atomic E-state index is 11.3. The molecule has 0 spiro atoms. The first-order valence-electron chi connectivity index (χ1n) is 9.20. The fourth-order valence-corrected chi connectivity index (χ4v) is 2.24. The zero-order valence-electron chi connectivity index (χ0n) is 15.4. The van der Waals surface area contributed by atoms with E-state index in [2.05, 4.69) is 13.0 Å². The van der Waals surface area contributed by atoms with Crippen LogP contribution in [-0.4, -0.2) is 12.6 Å². The van der Waals surface area contributed by atoms with Crippen molar-refractivity contribution in [2.75, 3.05) is 6.61 Å². The number of rotatable bonds is 12. The third kappa shape index (κ3) is 11.0. The molecule has 0 radical (unpaired) electrons. The van der Waals surface area contributed by atoms with E-state index in [1.54, 1.807) is 19.1 Å². The Bertz CT molecular complexity index is 556. The number of para-hydroxylation sites is 1. The number of hydrogen-bond acceptors (Lipinski definition) is 3. The zero-order valence-corrected chi connectivity index (χ0v) is 15.4. The van der Waals surface area contributed by atoms with E-state index in [4.69, 9.17) is 9.47 Å². The highest BCUT2D eigenvalue weighted by Crippen LogP contribution is 2.15. The van der Waals surface area contributed by atoms with Crippen molar-refractivity contribution in [3.63, 3.8) is 0 Å². The summed E-state index contributed by atoms with van der Waals surface area (Å²) in [4.78, 5) is 11.3. The van der Waals surface area contributed by atoms with Gasteiger partial charge in [0.2, 0.25) is 0 Å². The van der Waals surface area contributed by atoms with Crippen LogP contribution < -0.4 is 4.74 Å². The van der Waals surface area contributed by atoms with Crippen LogP contribution in [0.5, 0.6) is 5.75 Å². The van der Waals surface area contributed by atoms with Gasteiger partial charge in [0.05, 0.1) is 6.61 Å². The summed E-state index contributed by atoms with van der Waals surface area (Å²) in [6.45, 7) is 4.39. The van der Waals surface area contributed by atoms with Gasteiger partial charge in [0.25, 0.3) is 0 Å². The van der Waals surface area contributed by atoms with Crippen molar-refractivity contribution in [3.05, 3.63) is 66.5 Å². The molecule has 0 aliphatic carbocycles. The fraction of sp³-hybridized carbons (Fsp3) is 0.409. The van der Waals surface area contributed by atoms with E-state index < -0.39 is 0 Å². The van der Waals surface area contributed by atoms with E-state index in [9.17, 15) is 4.79 Å². The summed E-state index contributed by atoms with van der Waals surface area (Å²) in [5.74, 6) is 1.26. The average molecular weight is 342 g/mol. The standard InChI is InChI=1S/C22H30O3/c1-3-5-6-7-8-10-15-21(25-20-16-11-9-12-17-20)18-13-14-19-22(23)24-4-2/h9,11-19H,3-8,10H2,1-2H3/b18-13+,19-14+,21-15?. The Labute approximate surface area is 152 Å². The molecule has 136 valence electrons. The number of ether oxygens (including phenoxy) is 2. The molecule has 0 saturated carbocycles. The molecule has 0 unspecified atom stereocenters. The summed E-state index contributed by atoms with van der Waals surface area (Å²) in [5.41, 5.74) is 0. The molecule has 1 aromatic rings. The van der Waals surface area contributed by atoms with Crippen LogP contribution in [-0.2, 0) is 9.53 Å². The highest BCUT2D eigenvalue weighted by molar-refractivity contribution is 5.82. The smallest absolute Gasteiger partial charge is 0.330 e. The molecule has 0 heterocycles. The number of carbonyl (C=O) groups excluding carboxylic acids is 1. The highest BCUT2D eigenvalue weighted by atomic mass is 16.5. The van der Waals surface area contributed by atoms with E-state index in [1.165, 1.54) is 31.8 Å². The molecule has 0 amide bonds. The lowest BCUT2D eigenvalue weighted by Crippen LogP contribution is -1.98. The first kappa shape index (κ1) is 20.8. The molecule has 0 fully saturated rings. The number of hydrogen-bond donors (Lipinski definition) is 0. The SMILES string of the molecule is CCCCCCCC=C(/C=C/C=C/C(=O)OCC)Oc1ccccc1. The number of allylic oxidation sites excluding steroid dienone is 4. The molecule has 3 heteroatoms. The molecule has 0 bridgehead atoms. The molecule has 1 rings (SSSR count). The van der Waals surface area contributed by atoms with Gasteiger partial charge in [0.15, 0.2) is 0 Å². The molecule has 0 aliphatic rings. The Morgan fingerprint density at radius 3 is 2.40 bits per heavy atom. The quantitative estimate of drug-likeness (QED) is 0.154. The lowest BCUT2D eigenvalue weighted by atomic mass is 10.1. The molecule has 0 saturated heterocycles. The van der Waals surface area contributed by atoms with Gasteiger partial charge in [0.1, 0.15) is 11.5 Å². The van der Waals surface area contributed by atoms with Crippen molar-refractivity contribution in [1.29, 1.82) is 0 Å². The van der Waals surface area contributed by atoms with Crippen molar-refractivity contribution in [2.45, 2.75) is 52.4 Å². The van der Waals surface area contributed by atoms with E-state index in [-0.39, 0.29) is 5.97 Å². The second kappa shape index (κ2) is 14.1. The molecular weight excluding hydrogens is 312 g/mol. The Kier molecular flexibility index (Phi) is 11.7. The zero-order chi connectivity index (χ0) is 18.2. The Morgan fingerprint density at radius 2 is 1.68 bits per heavy atom. The second-order valence-electron chi connectivity index (χ2n) is 5.69. The summed E-state index contributed by atoms with van der Waals surface area (Å²) in [5, 5.41) is 0. The van der Waals surface area contributed by atoms with E-state index in [0.29, 0.717) is 6.61 Å². The number of carbonyl (C=O) groups is 1. The number of esters is 1. The van der Waals surface area contributed by atoms with Crippen LogP contribution in [0.15, 0.2) is 66.5 Å². The molecule has 1 aromatic carbocycles. The van der Waals surface area contributed by atoms with Crippen molar-refractivity contribution in [3.8, 4) is 5.75 Å². The van der Waals surface area contributed by atoms with Gasteiger partial charge in [-0.2, -0.15) is 0 Å². The first-order valence-corrected chi connectivity index (χ1v) is 9.20. The Morgan fingerprint density at radius 1 is 0.960 bits per heavy atom. The van der Waals surface area contributed by atoms with Gasteiger partial charge in [-0.3, -0.25) is 0 Å². The minimum atomic E-state index is -0.336. The predicted octanol–water partition coefficient (Wildman–Crippen LogP) is 5.99. The van der Waals surface area contributed by atoms with Crippen molar-refractivity contribution < 1.29 is 14.3 Å². The van der Waals surface area contributed by atoms with Crippen LogP contribution in [0, 0.1) is 0 Å². The topological polar surface area (TPSA) is 35.5 Å². The molecule has 0 aromatic heterocycles. The minimum absolute atomic E-state index is 0.336. The molecule has 0 atom stereocenters. The third-order valence-corrected chi connectivity index (χ3v) is 3.52. The van der Waals surface area contributed by atoms with Crippen LogP contribution in [0.4, 0.5) is 0 Å². The summed E-state index contributed by atoms with van der Waals surface area (Å²) in [7, 11) is 0. The van der Waals surface area contributed by atoms with E-state index in [0.717, 1.165) is 24.4 Å². The van der Waals surface area contributed by atoms with Crippen LogP contribution in [0.25, 0.3) is 0 Å². The van der Waals surface area contributed by atoms with E-state index >= 15 is 0 Å². The van der Waals surface area contributed by atoms with Gasteiger partial charge in [-0.15, -0.1) is 0 Å². The molecule has 0 aliphatic heterocycles. The van der Waals surface area contributed by atoms with Gasteiger partial charge in [-0.1, -0.05) is 63.0 Å². The monoisotopic (exact) mass is 342 g/mol. The van der Waals surface area contributed by atoms with Gasteiger partial charge in [-0.25, -0.2) is 4.79 Å². The molecule has 25 heavy (non-hydrogen) atoms. The largest absolute Gasteiger partial charge is 0.463 e. The van der Waals surface area contributed by atoms with Crippen LogP contribution in [0.3, 0.4) is 0 Å². The summed E-state index contributed by atoms with van der Waals surface area (Å²) in [6, 6.07) is 9.71. The molecule has 0 N–H and O–H groups in total. The minimum Gasteiger partial charge on any atom is -0.463 e. The predicted molar refractivity (Wildman–Crippen MR) is 103 cm³/mol. The van der Waals surface area contributed by atoms with Gasteiger partial charge < -0.3 is 9.47 Å². The number of benzene rings is 1. The van der Waals surface area contributed by atoms with Gasteiger partial charge >= 0.3 is 5.97 Å².